The van der Waals surface area contributed by atoms with E-state index in [0.29, 0.717) is 36.5 Å². The molecule has 1 saturated heterocycles. The van der Waals surface area contributed by atoms with E-state index in [-0.39, 0.29) is 36.3 Å². The second-order valence-corrected chi connectivity index (χ2v) is 8.21. The number of sulfone groups is 1. The van der Waals surface area contributed by atoms with Crippen LogP contribution in [0.15, 0.2) is 18.2 Å². The molecule has 1 fully saturated rings. The largest absolute Gasteiger partial charge is 0.493 e. The molecule has 138 valence electrons. The Kier molecular flexibility index (Phi) is 6.41. The highest BCUT2D eigenvalue weighted by atomic mass is 32.2. The molecular formula is C17H23NO6S. The molecule has 0 N–H and O–H groups in total. The third-order valence-corrected chi connectivity index (χ3v) is 5.67. The number of benzene rings is 1. The van der Waals surface area contributed by atoms with Crippen LogP contribution in [0, 0.1) is 0 Å². The lowest BCUT2D eigenvalue weighted by atomic mass is 10.1. The Morgan fingerprint density at radius 3 is 2.44 bits per heavy atom. The van der Waals surface area contributed by atoms with Crippen LogP contribution < -0.4 is 9.47 Å². The van der Waals surface area contributed by atoms with Crippen molar-refractivity contribution in [3.05, 3.63) is 23.8 Å². The molecule has 0 bridgehead atoms. The van der Waals surface area contributed by atoms with Crippen molar-refractivity contribution in [3.63, 3.8) is 0 Å². The number of carbonyl (C=O) groups is 2. The van der Waals surface area contributed by atoms with Crippen molar-refractivity contribution in [2.75, 3.05) is 38.3 Å². The minimum Gasteiger partial charge on any atom is -0.493 e. The van der Waals surface area contributed by atoms with Crippen LogP contribution in [0.3, 0.4) is 0 Å². The number of ketones is 1. The second-order valence-electron chi connectivity index (χ2n) is 5.91. The van der Waals surface area contributed by atoms with Gasteiger partial charge in [-0.05, 0) is 31.5 Å². The third-order valence-electron chi connectivity index (χ3n) is 4.06. The molecule has 8 heteroatoms. The molecule has 25 heavy (non-hydrogen) atoms. The molecule has 2 rings (SSSR count). The Morgan fingerprint density at radius 2 is 1.84 bits per heavy atom. The Bertz CT molecular complexity index is 730. The molecule has 0 aromatic heterocycles. The van der Waals surface area contributed by atoms with E-state index in [1.54, 1.807) is 23.1 Å². The quantitative estimate of drug-likeness (QED) is 0.532. The number of rotatable bonds is 7. The Balaban J connectivity index is 1.79. The topological polar surface area (TPSA) is 90.0 Å². The van der Waals surface area contributed by atoms with Crippen LogP contribution >= 0.6 is 0 Å². The van der Waals surface area contributed by atoms with Crippen molar-refractivity contribution in [2.24, 2.45) is 0 Å². The lowest BCUT2D eigenvalue weighted by Gasteiger charge is -2.26. The number of hydrogen-bond acceptors (Lipinski definition) is 6. The highest BCUT2D eigenvalue weighted by Crippen LogP contribution is 2.28. The van der Waals surface area contributed by atoms with E-state index in [1.807, 2.05) is 0 Å². The summed E-state index contributed by atoms with van der Waals surface area (Å²) in [5.74, 6) is 0.949. The maximum Gasteiger partial charge on any atom is 0.222 e. The molecule has 1 aromatic rings. The summed E-state index contributed by atoms with van der Waals surface area (Å²) >= 11 is 0. The van der Waals surface area contributed by atoms with E-state index in [9.17, 15) is 18.0 Å². The Hall–Kier alpha value is -2.09. The van der Waals surface area contributed by atoms with Gasteiger partial charge in [0.25, 0.3) is 0 Å². The van der Waals surface area contributed by atoms with Crippen LogP contribution in [0.1, 0.15) is 30.1 Å². The molecule has 0 radical (unpaired) electrons. The fourth-order valence-electron chi connectivity index (χ4n) is 2.53. The van der Waals surface area contributed by atoms with E-state index in [1.165, 1.54) is 14.0 Å². The average molecular weight is 369 g/mol. The maximum absolute atomic E-state index is 12.1. The van der Waals surface area contributed by atoms with Gasteiger partial charge in [0.05, 0.1) is 25.2 Å². The number of nitrogens with zero attached hydrogens (tertiary/aromatic N) is 1. The van der Waals surface area contributed by atoms with Gasteiger partial charge in [0.2, 0.25) is 5.91 Å². The van der Waals surface area contributed by atoms with Gasteiger partial charge in [-0.25, -0.2) is 8.42 Å². The molecular weight excluding hydrogens is 346 g/mol. The van der Waals surface area contributed by atoms with E-state index < -0.39 is 9.84 Å². The van der Waals surface area contributed by atoms with Gasteiger partial charge in [0.1, 0.15) is 0 Å². The molecule has 1 aliphatic heterocycles. The summed E-state index contributed by atoms with van der Waals surface area (Å²) in [4.78, 5) is 25.0. The number of methoxy groups -OCH3 is 1. The van der Waals surface area contributed by atoms with Crippen LogP contribution in [-0.2, 0) is 14.6 Å². The predicted molar refractivity (Wildman–Crippen MR) is 93.0 cm³/mol. The van der Waals surface area contributed by atoms with E-state index in [0.717, 1.165) is 0 Å². The van der Waals surface area contributed by atoms with Crippen LogP contribution in [0.2, 0.25) is 0 Å². The Morgan fingerprint density at radius 1 is 1.16 bits per heavy atom. The highest BCUT2D eigenvalue weighted by Gasteiger charge is 2.24. The molecule has 0 atom stereocenters. The van der Waals surface area contributed by atoms with Gasteiger partial charge in [-0.1, -0.05) is 0 Å². The van der Waals surface area contributed by atoms with Crippen molar-refractivity contribution in [1.29, 1.82) is 0 Å². The van der Waals surface area contributed by atoms with Crippen LogP contribution in [-0.4, -0.2) is 63.3 Å². The fourth-order valence-corrected chi connectivity index (χ4v) is 3.73. The van der Waals surface area contributed by atoms with Crippen molar-refractivity contribution >= 4 is 21.5 Å². The number of carbonyl (C=O) groups excluding carboxylic acids is 2. The normalized spacial score (nSPS) is 16.3. The minimum atomic E-state index is -2.98. The molecule has 1 heterocycles. The summed E-state index contributed by atoms with van der Waals surface area (Å²) in [6.45, 7) is 2.34. The first kappa shape index (κ1) is 19.2. The Labute approximate surface area is 147 Å². The maximum atomic E-state index is 12.1. The van der Waals surface area contributed by atoms with E-state index in [4.69, 9.17) is 9.47 Å². The number of hydrogen-bond donors (Lipinski definition) is 0. The number of ether oxygens (including phenoxy) is 2. The molecule has 7 nitrogen and oxygen atoms in total. The molecule has 0 unspecified atom stereocenters. The summed E-state index contributed by atoms with van der Waals surface area (Å²) in [7, 11) is -1.48. The van der Waals surface area contributed by atoms with Gasteiger partial charge in [-0.2, -0.15) is 0 Å². The fraction of sp³-hybridized carbons (Fsp3) is 0.529. The first-order valence-corrected chi connectivity index (χ1v) is 9.94. The van der Waals surface area contributed by atoms with Crippen molar-refractivity contribution in [3.8, 4) is 11.5 Å². The average Bonchev–Trinajstić information content (AvgIpc) is 2.58. The van der Waals surface area contributed by atoms with Gasteiger partial charge in [0.15, 0.2) is 27.1 Å². The third kappa shape index (κ3) is 5.45. The molecule has 0 saturated carbocycles. The number of Topliss-reactive ketones (excluding diaryl/α,β-unsaturated/α-hetero) is 1. The molecule has 0 aliphatic carbocycles. The van der Waals surface area contributed by atoms with Crippen molar-refractivity contribution in [2.45, 2.75) is 19.8 Å². The van der Waals surface area contributed by atoms with Gasteiger partial charge < -0.3 is 14.4 Å². The van der Waals surface area contributed by atoms with Crippen LogP contribution in [0.25, 0.3) is 0 Å². The summed E-state index contributed by atoms with van der Waals surface area (Å²) in [6, 6.07) is 4.96. The van der Waals surface area contributed by atoms with E-state index in [2.05, 4.69) is 0 Å². The zero-order valence-electron chi connectivity index (χ0n) is 14.5. The van der Waals surface area contributed by atoms with Crippen LogP contribution in [0.5, 0.6) is 11.5 Å². The summed E-state index contributed by atoms with van der Waals surface area (Å²) < 4.78 is 33.6. The summed E-state index contributed by atoms with van der Waals surface area (Å²) in [5.41, 5.74) is 0.541. The first-order chi connectivity index (χ1) is 11.8. The molecule has 1 aromatic carbocycles. The molecule has 0 spiro atoms. The van der Waals surface area contributed by atoms with Gasteiger partial charge in [0, 0.05) is 25.1 Å². The predicted octanol–water partition coefficient (Wildman–Crippen LogP) is 1.31. The van der Waals surface area contributed by atoms with E-state index >= 15 is 0 Å². The van der Waals surface area contributed by atoms with Crippen LogP contribution in [0.4, 0.5) is 0 Å². The number of amides is 1. The minimum absolute atomic E-state index is 0.0366. The van der Waals surface area contributed by atoms with Gasteiger partial charge >= 0.3 is 0 Å². The standard InChI is InChI=1S/C17H23NO6S/c1-13(19)14-5-6-15(16(12-14)23-2)24-9-3-4-17(20)18-7-10-25(21,22)11-8-18/h5-6,12H,3-4,7-11H2,1-2H3. The second kappa shape index (κ2) is 8.33. The van der Waals surface area contributed by atoms with Crippen molar-refractivity contribution in [1.82, 2.24) is 4.90 Å². The van der Waals surface area contributed by atoms with Crippen molar-refractivity contribution < 1.29 is 27.5 Å². The molecule has 1 aliphatic rings. The molecule has 1 amide bonds. The summed E-state index contributed by atoms with van der Waals surface area (Å²) in [6.07, 6.45) is 0.813. The highest BCUT2D eigenvalue weighted by molar-refractivity contribution is 7.91. The SMILES string of the molecule is COc1cc(C(C)=O)ccc1OCCCC(=O)N1CCS(=O)(=O)CC1. The summed E-state index contributed by atoms with van der Waals surface area (Å²) in [5, 5.41) is 0. The lowest BCUT2D eigenvalue weighted by molar-refractivity contribution is -0.131. The van der Waals surface area contributed by atoms with Gasteiger partial charge in [-0.3, -0.25) is 9.59 Å². The van der Waals surface area contributed by atoms with Gasteiger partial charge in [-0.15, -0.1) is 0 Å². The lowest BCUT2D eigenvalue weighted by Crippen LogP contribution is -2.43. The smallest absolute Gasteiger partial charge is 0.222 e. The first-order valence-electron chi connectivity index (χ1n) is 8.12. The zero-order chi connectivity index (χ0) is 18.4. The zero-order valence-corrected chi connectivity index (χ0v) is 15.3. The monoisotopic (exact) mass is 369 g/mol.